The zero-order valence-electron chi connectivity index (χ0n) is 6.82. The normalized spacial score (nSPS) is 11.6. The van der Waals surface area contributed by atoms with Gasteiger partial charge in [-0.25, -0.2) is 4.98 Å². The number of ether oxygens (including phenoxy) is 1. The zero-order valence-corrected chi connectivity index (χ0v) is 10.6. The topological polar surface area (TPSA) is 22.1 Å². The average Bonchev–Trinajstić information content (AvgIpc) is 1.96. The third-order valence-corrected chi connectivity index (χ3v) is 3.58. The Morgan fingerprint density at radius 3 is 2.57 bits per heavy atom. The van der Waals surface area contributed by atoms with Crippen molar-refractivity contribution in [3.8, 4) is 5.88 Å². The molecule has 1 heterocycles. The molecule has 0 aliphatic carbocycles. The van der Waals surface area contributed by atoms with Gasteiger partial charge in [-0.1, -0.05) is 0 Å². The van der Waals surface area contributed by atoms with Crippen molar-refractivity contribution < 1.29 is 17.9 Å². The van der Waals surface area contributed by atoms with E-state index in [1.54, 1.807) is 13.0 Å². The molecule has 0 fully saturated rings. The number of hydrogen-bond acceptors (Lipinski definition) is 2. The molecule has 0 bridgehead atoms. The molecule has 0 amide bonds. The van der Waals surface area contributed by atoms with Crippen LogP contribution >= 0.6 is 38.5 Å². The summed E-state index contributed by atoms with van der Waals surface area (Å²) in [5, 5.41) is 0. The Bertz CT molecular complexity index is 356. The minimum Gasteiger partial charge on any atom is -0.387 e. The Morgan fingerprint density at radius 2 is 2.07 bits per heavy atom. The predicted molar refractivity (Wildman–Crippen MR) is 56.1 cm³/mol. The van der Waals surface area contributed by atoms with Crippen LogP contribution in [0.3, 0.4) is 0 Å². The van der Waals surface area contributed by atoms with Crippen molar-refractivity contribution in [1.82, 2.24) is 4.98 Å². The Hall–Kier alpha value is -0.0500. The zero-order chi connectivity index (χ0) is 10.9. The van der Waals surface area contributed by atoms with Crippen LogP contribution in [0.1, 0.15) is 5.69 Å². The van der Waals surface area contributed by atoms with E-state index in [2.05, 4.69) is 25.7 Å². The van der Waals surface area contributed by atoms with Crippen molar-refractivity contribution in [2.75, 3.05) is 0 Å². The average molecular weight is 382 g/mol. The van der Waals surface area contributed by atoms with Gasteiger partial charge in [0.2, 0.25) is 5.88 Å². The van der Waals surface area contributed by atoms with Crippen LogP contribution in [0.4, 0.5) is 13.2 Å². The van der Waals surface area contributed by atoms with Gasteiger partial charge in [0.25, 0.3) is 0 Å². The third kappa shape index (κ3) is 3.26. The van der Waals surface area contributed by atoms with E-state index in [9.17, 15) is 13.2 Å². The van der Waals surface area contributed by atoms with Crippen molar-refractivity contribution in [3.05, 3.63) is 19.8 Å². The number of rotatable bonds is 1. The van der Waals surface area contributed by atoms with Crippen LogP contribution in [-0.2, 0) is 0 Å². The van der Waals surface area contributed by atoms with Gasteiger partial charge in [0, 0.05) is 9.26 Å². The van der Waals surface area contributed by atoms with Crippen LogP contribution in [0.2, 0.25) is 0 Å². The fraction of sp³-hybridized carbons (Fsp3) is 0.286. The molecule has 1 aromatic heterocycles. The van der Waals surface area contributed by atoms with Crippen molar-refractivity contribution in [1.29, 1.82) is 0 Å². The van der Waals surface area contributed by atoms with Crippen molar-refractivity contribution in [2.24, 2.45) is 0 Å². The van der Waals surface area contributed by atoms with E-state index in [0.29, 0.717) is 9.26 Å². The van der Waals surface area contributed by atoms with E-state index in [1.807, 2.05) is 22.6 Å². The van der Waals surface area contributed by atoms with E-state index in [1.165, 1.54) is 0 Å². The predicted octanol–water partition coefficient (Wildman–Crippen LogP) is 3.66. The first-order valence-electron chi connectivity index (χ1n) is 3.38. The quantitative estimate of drug-likeness (QED) is 0.693. The molecule has 0 spiro atoms. The number of pyridine rings is 1. The summed E-state index contributed by atoms with van der Waals surface area (Å²) >= 11 is 4.86. The highest BCUT2D eigenvalue weighted by atomic mass is 127. The van der Waals surface area contributed by atoms with Crippen LogP contribution in [0.5, 0.6) is 5.88 Å². The Morgan fingerprint density at radius 1 is 1.50 bits per heavy atom. The first-order chi connectivity index (χ1) is 6.29. The molecule has 7 heteroatoms. The highest BCUT2D eigenvalue weighted by Gasteiger charge is 2.33. The molecular weight excluding hydrogens is 378 g/mol. The summed E-state index contributed by atoms with van der Waals surface area (Å²) in [5.41, 5.74) is 0.469. The van der Waals surface area contributed by atoms with Crippen molar-refractivity contribution in [2.45, 2.75) is 13.3 Å². The summed E-state index contributed by atoms with van der Waals surface area (Å²) in [6.07, 6.45) is -4.72. The first-order valence-corrected chi connectivity index (χ1v) is 5.25. The molecule has 0 aliphatic heterocycles. The lowest BCUT2D eigenvalue weighted by Gasteiger charge is -2.10. The van der Waals surface area contributed by atoms with Crippen LogP contribution in [0, 0.1) is 10.5 Å². The highest BCUT2D eigenvalue weighted by Crippen LogP contribution is 2.32. The van der Waals surface area contributed by atoms with E-state index in [0.717, 1.165) is 0 Å². The molecule has 1 aromatic rings. The first kappa shape index (κ1) is 12.0. The molecule has 0 radical (unpaired) electrons. The van der Waals surface area contributed by atoms with Crippen molar-refractivity contribution in [3.63, 3.8) is 0 Å². The standard InChI is InChI=1S/C7H4BrF3INO/c1-3-2-4(12)5(8)6(13-3)14-7(9,10)11/h2H,1H3. The van der Waals surface area contributed by atoms with E-state index >= 15 is 0 Å². The number of aromatic nitrogens is 1. The fourth-order valence-electron chi connectivity index (χ4n) is 0.768. The number of hydrogen-bond donors (Lipinski definition) is 0. The minimum absolute atomic E-state index is 0.209. The van der Waals surface area contributed by atoms with Crippen LogP contribution < -0.4 is 4.74 Å². The summed E-state index contributed by atoms with van der Waals surface area (Å²) in [7, 11) is 0. The molecule has 14 heavy (non-hydrogen) atoms. The maximum atomic E-state index is 11.9. The van der Waals surface area contributed by atoms with Gasteiger partial charge < -0.3 is 4.74 Å². The molecule has 0 aromatic carbocycles. The Kier molecular flexibility index (Phi) is 3.62. The summed E-state index contributed by atoms with van der Waals surface area (Å²) < 4.78 is 40.3. The third-order valence-electron chi connectivity index (χ3n) is 1.22. The van der Waals surface area contributed by atoms with E-state index in [4.69, 9.17) is 0 Å². The lowest BCUT2D eigenvalue weighted by atomic mass is 10.4. The van der Waals surface area contributed by atoms with Crippen LogP contribution in [0.25, 0.3) is 0 Å². The summed E-state index contributed by atoms with van der Waals surface area (Å²) in [6, 6.07) is 1.65. The number of aryl methyl sites for hydroxylation is 1. The highest BCUT2D eigenvalue weighted by molar-refractivity contribution is 14.1. The minimum atomic E-state index is -4.72. The van der Waals surface area contributed by atoms with Gasteiger partial charge in [-0.3, -0.25) is 0 Å². The van der Waals surface area contributed by atoms with Gasteiger partial charge in [0.05, 0.1) is 4.47 Å². The Labute approximate surface area is 100 Å². The second-order valence-corrected chi connectivity index (χ2v) is 4.37. The second kappa shape index (κ2) is 4.21. The number of halogens is 5. The molecular formula is C7H4BrF3INO. The molecule has 78 valence electrons. The molecule has 0 unspecified atom stereocenters. The smallest absolute Gasteiger partial charge is 0.387 e. The lowest BCUT2D eigenvalue weighted by molar-refractivity contribution is -0.276. The van der Waals surface area contributed by atoms with Gasteiger partial charge in [-0.15, -0.1) is 13.2 Å². The fourth-order valence-corrected chi connectivity index (χ4v) is 1.73. The van der Waals surface area contributed by atoms with Gasteiger partial charge in [-0.2, -0.15) is 0 Å². The van der Waals surface area contributed by atoms with Gasteiger partial charge in [-0.05, 0) is 51.5 Å². The van der Waals surface area contributed by atoms with Crippen LogP contribution in [-0.4, -0.2) is 11.3 Å². The van der Waals surface area contributed by atoms with Crippen LogP contribution in [0.15, 0.2) is 10.5 Å². The largest absolute Gasteiger partial charge is 0.574 e. The molecule has 2 nitrogen and oxygen atoms in total. The van der Waals surface area contributed by atoms with Gasteiger partial charge >= 0.3 is 6.36 Å². The molecule has 0 saturated carbocycles. The summed E-state index contributed by atoms with van der Waals surface area (Å²) in [4.78, 5) is 3.63. The molecule has 0 aliphatic rings. The molecule has 0 atom stereocenters. The number of nitrogens with zero attached hydrogens (tertiary/aromatic N) is 1. The Balaban J connectivity index is 3.09. The maximum absolute atomic E-state index is 11.9. The van der Waals surface area contributed by atoms with Gasteiger partial charge in [0.15, 0.2) is 0 Å². The SMILES string of the molecule is Cc1cc(I)c(Br)c(OC(F)(F)F)n1. The summed E-state index contributed by atoms with van der Waals surface area (Å²) in [5.74, 6) is -0.457. The van der Waals surface area contributed by atoms with E-state index < -0.39 is 12.2 Å². The van der Waals surface area contributed by atoms with E-state index in [-0.39, 0.29) is 4.47 Å². The molecule has 0 N–H and O–H groups in total. The van der Waals surface area contributed by atoms with Gasteiger partial charge in [0.1, 0.15) is 0 Å². The lowest BCUT2D eigenvalue weighted by Crippen LogP contribution is -2.18. The monoisotopic (exact) mass is 381 g/mol. The second-order valence-electron chi connectivity index (χ2n) is 2.41. The van der Waals surface area contributed by atoms with Crippen molar-refractivity contribution >= 4 is 38.5 Å². The molecule has 1 rings (SSSR count). The summed E-state index contributed by atoms with van der Waals surface area (Å²) in [6.45, 7) is 1.60. The molecule has 0 saturated heterocycles. The maximum Gasteiger partial charge on any atom is 0.574 e. The number of alkyl halides is 3.